The number of alkyl halides is 1. The summed E-state index contributed by atoms with van der Waals surface area (Å²) in [6.45, 7) is 3.23. The number of nitrogens with zero attached hydrogens (tertiary/aromatic N) is 3. The Morgan fingerprint density at radius 1 is 1.28 bits per heavy atom. The maximum Gasteiger partial charge on any atom is 0.103 e. The van der Waals surface area contributed by atoms with Gasteiger partial charge in [-0.15, -0.1) is 16.7 Å². The largest absolute Gasteiger partial charge is 0.378 e. The zero-order chi connectivity index (χ0) is 13.0. The summed E-state index contributed by atoms with van der Waals surface area (Å²) in [6.07, 6.45) is 0. The van der Waals surface area contributed by atoms with E-state index in [2.05, 4.69) is 41.5 Å². The van der Waals surface area contributed by atoms with Crippen molar-refractivity contribution in [3.63, 3.8) is 0 Å². The molecule has 0 saturated carbocycles. The number of aryl methyl sites for hydroxylation is 1. The predicted molar refractivity (Wildman–Crippen MR) is 70.6 cm³/mol. The van der Waals surface area contributed by atoms with Gasteiger partial charge in [-0.2, -0.15) is 0 Å². The zero-order valence-electron chi connectivity index (χ0n) is 10.6. The van der Waals surface area contributed by atoms with Gasteiger partial charge in [0, 0.05) is 7.11 Å². The molecule has 0 aliphatic rings. The van der Waals surface area contributed by atoms with Gasteiger partial charge >= 0.3 is 0 Å². The highest BCUT2D eigenvalue weighted by Crippen LogP contribution is 2.12. The van der Waals surface area contributed by atoms with Crippen LogP contribution < -0.4 is 0 Å². The van der Waals surface area contributed by atoms with Crippen LogP contribution in [0.1, 0.15) is 22.5 Å². The molecule has 0 amide bonds. The number of hydrogen-bond acceptors (Lipinski definition) is 3. The predicted octanol–water partition coefficient (Wildman–Crippen LogP) is 2.52. The van der Waals surface area contributed by atoms with Crippen LogP contribution in [0, 0.1) is 6.92 Å². The highest BCUT2D eigenvalue weighted by molar-refractivity contribution is 6.16. The normalized spacial score (nSPS) is 10.8. The van der Waals surface area contributed by atoms with E-state index in [1.54, 1.807) is 7.11 Å². The summed E-state index contributed by atoms with van der Waals surface area (Å²) < 4.78 is 7.01. The molecule has 1 heterocycles. The van der Waals surface area contributed by atoms with Crippen molar-refractivity contribution in [3.05, 3.63) is 46.8 Å². The fourth-order valence-electron chi connectivity index (χ4n) is 1.76. The molecule has 0 N–H and O–H groups in total. The second-order valence-electron chi connectivity index (χ2n) is 4.19. The van der Waals surface area contributed by atoms with Gasteiger partial charge in [0.25, 0.3) is 0 Å². The van der Waals surface area contributed by atoms with Crippen LogP contribution in [0.5, 0.6) is 0 Å². The van der Waals surface area contributed by atoms with Gasteiger partial charge in [-0.25, -0.2) is 4.68 Å². The third-order valence-electron chi connectivity index (χ3n) is 2.78. The minimum atomic E-state index is 0.354. The lowest BCUT2D eigenvalue weighted by Crippen LogP contribution is -2.08. The fourth-order valence-corrected chi connectivity index (χ4v) is 1.97. The van der Waals surface area contributed by atoms with Crippen LogP contribution in [-0.4, -0.2) is 22.1 Å². The Bertz CT molecular complexity index is 507. The number of ether oxygens (including phenoxy) is 1. The SMILES string of the molecule is COCc1c(CCl)nnn1Cc1ccc(C)cc1. The van der Waals surface area contributed by atoms with Crippen LogP contribution in [0.25, 0.3) is 0 Å². The van der Waals surface area contributed by atoms with Gasteiger partial charge in [-0.3, -0.25) is 0 Å². The fraction of sp³-hybridized carbons (Fsp3) is 0.385. The maximum absolute atomic E-state index is 5.83. The number of benzene rings is 1. The molecule has 0 saturated heterocycles. The smallest absolute Gasteiger partial charge is 0.103 e. The minimum absolute atomic E-state index is 0.354. The molecule has 0 atom stereocenters. The summed E-state index contributed by atoms with van der Waals surface area (Å²) in [5.41, 5.74) is 4.15. The number of methoxy groups -OCH3 is 1. The van der Waals surface area contributed by atoms with E-state index < -0.39 is 0 Å². The van der Waals surface area contributed by atoms with Crippen LogP contribution >= 0.6 is 11.6 Å². The minimum Gasteiger partial charge on any atom is -0.378 e. The molecule has 96 valence electrons. The zero-order valence-corrected chi connectivity index (χ0v) is 11.3. The molecule has 0 aliphatic heterocycles. The molecule has 0 aliphatic carbocycles. The number of hydrogen-bond donors (Lipinski definition) is 0. The quantitative estimate of drug-likeness (QED) is 0.780. The van der Waals surface area contributed by atoms with Crippen molar-refractivity contribution in [2.24, 2.45) is 0 Å². The van der Waals surface area contributed by atoms with Crippen LogP contribution in [0.4, 0.5) is 0 Å². The van der Waals surface area contributed by atoms with E-state index in [9.17, 15) is 0 Å². The number of halogens is 1. The van der Waals surface area contributed by atoms with Gasteiger partial charge in [0.15, 0.2) is 0 Å². The molecule has 1 aromatic heterocycles. The molecule has 2 aromatic rings. The molecular weight excluding hydrogens is 250 g/mol. The van der Waals surface area contributed by atoms with Gasteiger partial charge in [-0.1, -0.05) is 35.0 Å². The average Bonchev–Trinajstić information content (AvgIpc) is 2.75. The van der Waals surface area contributed by atoms with E-state index in [1.807, 2.05) is 4.68 Å². The molecule has 2 rings (SSSR count). The third-order valence-corrected chi connectivity index (χ3v) is 3.03. The summed E-state index contributed by atoms with van der Waals surface area (Å²) in [5, 5.41) is 8.19. The molecule has 0 spiro atoms. The first-order chi connectivity index (χ1) is 8.74. The number of rotatable bonds is 5. The lowest BCUT2D eigenvalue weighted by molar-refractivity contribution is 0.176. The molecule has 0 unspecified atom stereocenters. The van der Waals surface area contributed by atoms with Crippen molar-refractivity contribution >= 4 is 11.6 Å². The van der Waals surface area contributed by atoms with Gasteiger partial charge in [-0.05, 0) is 12.5 Å². The Kier molecular flexibility index (Phi) is 4.33. The second kappa shape index (κ2) is 5.98. The molecule has 0 bridgehead atoms. The van der Waals surface area contributed by atoms with Crippen molar-refractivity contribution < 1.29 is 4.74 Å². The Hall–Kier alpha value is -1.39. The first kappa shape index (κ1) is 13.1. The Labute approximate surface area is 112 Å². The second-order valence-corrected chi connectivity index (χ2v) is 4.46. The van der Waals surface area contributed by atoms with Crippen molar-refractivity contribution in [1.29, 1.82) is 0 Å². The topological polar surface area (TPSA) is 39.9 Å². The van der Waals surface area contributed by atoms with Gasteiger partial charge < -0.3 is 4.74 Å². The summed E-state index contributed by atoms with van der Waals surface area (Å²) >= 11 is 5.83. The maximum atomic E-state index is 5.83. The van der Waals surface area contributed by atoms with E-state index >= 15 is 0 Å². The number of aromatic nitrogens is 3. The van der Waals surface area contributed by atoms with E-state index in [-0.39, 0.29) is 0 Å². The van der Waals surface area contributed by atoms with E-state index in [0.717, 1.165) is 11.4 Å². The molecule has 0 radical (unpaired) electrons. The Morgan fingerprint density at radius 2 is 2.00 bits per heavy atom. The summed E-state index contributed by atoms with van der Waals surface area (Å²) in [7, 11) is 1.65. The Balaban J connectivity index is 2.22. The lowest BCUT2D eigenvalue weighted by Gasteiger charge is -2.07. The molecular formula is C13H16ClN3O. The molecule has 0 fully saturated rings. The van der Waals surface area contributed by atoms with Crippen LogP contribution in [0.2, 0.25) is 0 Å². The average molecular weight is 266 g/mol. The standard InChI is InChI=1S/C13H16ClN3O/c1-10-3-5-11(6-4-10)8-17-13(9-18-2)12(7-14)15-16-17/h3-6H,7-9H2,1-2H3. The van der Waals surface area contributed by atoms with Gasteiger partial charge in [0.05, 0.1) is 24.7 Å². The Morgan fingerprint density at radius 3 is 2.61 bits per heavy atom. The van der Waals surface area contributed by atoms with Gasteiger partial charge in [0.1, 0.15) is 5.69 Å². The van der Waals surface area contributed by atoms with Crippen LogP contribution in [-0.2, 0) is 23.8 Å². The van der Waals surface area contributed by atoms with Crippen molar-refractivity contribution in [2.45, 2.75) is 26.0 Å². The van der Waals surface area contributed by atoms with E-state index in [4.69, 9.17) is 16.3 Å². The molecule has 4 nitrogen and oxygen atoms in total. The summed E-state index contributed by atoms with van der Waals surface area (Å²) in [6, 6.07) is 8.36. The highest BCUT2D eigenvalue weighted by Gasteiger charge is 2.11. The van der Waals surface area contributed by atoms with Crippen LogP contribution in [0.3, 0.4) is 0 Å². The lowest BCUT2D eigenvalue weighted by atomic mass is 10.1. The first-order valence-electron chi connectivity index (χ1n) is 5.76. The van der Waals surface area contributed by atoms with E-state index in [0.29, 0.717) is 19.0 Å². The monoisotopic (exact) mass is 265 g/mol. The molecule has 5 heteroatoms. The van der Waals surface area contributed by atoms with Crippen molar-refractivity contribution in [3.8, 4) is 0 Å². The molecule has 1 aromatic carbocycles. The summed E-state index contributed by atoms with van der Waals surface area (Å²) in [5.74, 6) is 0.354. The third kappa shape index (κ3) is 2.89. The highest BCUT2D eigenvalue weighted by atomic mass is 35.5. The van der Waals surface area contributed by atoms with Crippen LogP contribution in [0.15, 0.2) is 24.3 Å². The first-order valence-corrected chi connectivity index (χ1v) is 6.29. The summed E-state index contributed by atoms with van der Waals surface area (Å²) in [4.78, 5) is 0. The van der Waals surface area contributed by atoms with Crippen molar-refractivity contribution in [1.82, 2.24) is 15.0 Å². The molecule has 18 heavy (non-hydrogen) atoms. The van der Waals surface area contributed by atoms with Gasteiger partial charge in [0.2, 0.25) is 0 Å². The van der Waals surface area contributed by atoms with Crippen molar-refractivity contribution in [2.75, 3.05) is 7.11 Å². The van der Waals surface area contributed by atoms with E-state index in [1.165, 1.54) is 11.1 Å².